The molecule has 0 spiro atoms. The van der Waals surface area contributed by atoms with Crippen molar-refractivity contribution < 1.29 is 4.74 Å². The fourth-order valence-corrected chi connectivity index (χ4v) is 2.12. The molecule has 0 aliphatic heterocycles. The van der Waals surface area contributed by atoms with Gasteiger partial charge in [-0.05, 0) is 19.4 Å². The molecule has 1 aromatic carbocycles. The smallest absolute Gasteiger partial charge is 0.203 e. The van der Waals surface area contributed by atoms with Crippen LogP contribution >= 0.6 is 0 Å². The first-order chi connectivity index (χ1) is 9.22. The van der Waals surface area contributed by atoms with E-state index >= 15 is 0 Å². The molecule has 1 aromatic heterocycles. The molecule has 2 aromatic rings. The topological polar surface area (TPSA) is 39.1 Å². The third-order valence-corrected chi connectivity index (χ3v) is 3.20. The number of imidazole rings is 1. The van der Waals surface area contributed by atoms with Crippen LogP contribution < -0.4 is 5.32 Å². The lowest BCUT2D eigenvalue weighted by atomic mass is 10.1. The maximum Gasteiger partial charge on any atom is 0.203 e. The van der Waals surface area contributed by atoms with Crippen LogP contribution in [0.2, 0.25) is 0 Å². The molecule has 2 atom stereocenters. The van der Waals surface area contributed by atoms with E-state index in [2.05, 4.69) is 40.8 Å². The Kier molecular flexibility index (Phi) is 4.58. The zero-order valence-corrected chi connectivity index (χ0v) is 11.7. The molecule has 0 bridgehead atoms. The van der Waals surface area contributed by atoms with Gasteiger partial charge in [-0.2, -0.15) is 0 Å². The van der Waals surface area contributed by atoms with Gasteiger partial charge in [0.15, 0.2) is 0 Å². The van der Waals surface area contributed by atoms with E-state index in [-0.39, 0.29) is 12.1 Å². The molecule has 0 saturated carbocycles. The molecule has 102 valence electrons. The molecule has 0 fully saturated rings. The van der Waals surface area contributed by atoms with Crippen molar-refractivity contribution >= 4 is 5.95 Å². The highest BCUT2D eigenvalue weighted by Crippen LogP contribution is 2.20. The summed E-state index contributed by atoms with van der Waals surface area (Å²) in [5, 5.41) is 3.44. The van der Waals surface area contributed by atoms with E-state index in [1.54, 1.807) is 7.11 Å². The summed E-state index contributed by atoms with van der Waals surface area (Å²) < 4.78 is 7.30. The van der Waals surface area contributed by atoms with Crippen LogP contribution in [0.25, 0.3) is 0 Å². The Morgan fingerprint density at radius 3 is 2.68 bits per heavy atom. The van der Waals surface area contributed by atoms with Gasteiger partial charge in [0, 0.05) is 19.5 Å². The van der Waals surface area contributed by atoms with Gasteiger partial charge in [0.2, 0.25) is 5.95 Å². The Balaban J connectivity index is 2.09. The SMILES string of the molecule is COCC(C)n1ccnc1NC(C)c1ccccc1. The number of methoxy groups -OCH3 is 1. The Bertz CT molecular complexity index is 495. The first kappa shape index (κ1) is 13.6. The molecule has 2 rings (SSSR count). The summed E-state index contributed by atoms with van der Waals surface area (Å²) in [6.45, 7) is 4.92. The molecule has 0 aliphatic rings. The molecule has 0 saturated heterocycles. The maximum atomic E-state index is 5.20. The van der Waals surface area contributed by atoms with Crippen molar-refractivity contribution in [3.63, 3.8) is 0 Å². The normalized spacial score (nSPS) is 14.1. The second kappa shape index (κ2) is 6.38. The van der Waals surface area contributed by atoms with Crippen LogP contribution in [0.4, 0.5) is 5.95 Å². The van der Waals surface area contributed by atoms with E-state index in [0.29, 0.717) is 6.61 Å². The van der Waals surface area contributed by atoms with Crippen molar-refractivity contribution in [2.75, 3.05) is 19.0 Å². The fourth-order valence-electron chi connectivity index (χ4n) is 2.12. The van der Waals surface area contributed by atoms with Gasteiger partial charge < -0.3 is 14.6 Å². The molecule has 4 heteroatoms. The predicted octanol–water partition coefficient (Wildman–Crippen LogP) is 3.26. The van der Waals surface area contributed by atoms with E-state index in [1.165, 1.54) is 5.56 Å². The van der Waals surface area contributed by atoms with Crippen LogP contribution in [-0.4, -0.2) is 23.3 Å². The average molecular weight is 259 g/mol. The Morgan fingerprint density at radius 2 is 2.00 bits per heavy atom. The second-order valence-electron chi connectivity index (χ2n) is 4.74. The average Bonchev–Trinajstić information content (AvgIpc) is 2.88. The lowest BCUT2D eigenvalue weighted by Gasteiger charge is -2.19. The number of hydrogen-bond acceptors (Lipinski definition) is 3. The highest BCUT2D eigenvalue weighted by molar-refractivity contribution is 5.33. The number of hydrogen-bond donors (Lipinski definition) is 1. The number of nitrogens with one attached hydrogen (secondary N) is 1. The molecular weight excluding hydrogens is 238 g/mol. The maximum absolute atomic E-state index is 5.20. The van der Waals surface area contributed by atoms with Crippen molar-refractivity contribution in [2.45, 2.75) is 25.9 Å². The second-order valence-corrected chi connectivity index (χ2v) is 4.74. The molecule has 0 amide bonds. The van der Waals surface area contributed by atoms with Gasteiger partial charge in [0.05, 0.1) is 18.7 Å². The van der Waals surface area contributed by atoms with Gasteiger partial charge in [-0.3, -0.25) is 0 Å². The van der Waals surface area contributed by atoms with Crippen LogP contribution in [-0.2, 0) is 4.74 Å². The van der Waals surface area contributed by atoms with E-state index in [9.17, 15) is 0 Å². The molecule has 1 heterocycles. The minimum Gasteiger partial charge on any atom is -0.383 e. The van der Waals surface area contributed by atoms with Crippen LogP contribution in [0, 0.1) is 0 Å². The minimum atomic E-state index is 0.220. The molecule has 0 aliphatic carbocycles. The molecular formula is C15H21N3O. The largest absolute Gasteiger partial charge is 0.383 e. The number of aromatic nitrogens is 2. The van der Waals surface area contributed by atoms with E-state index in [1.807, 2.05) is 30.6 Å². The Hall–Kier alpha value is -1.81. The summed E-state index contributed by atoms with van der Waals surface area (Å²) in [5.74, 6) is 0.876. The first-order valence-electron chi connectivity index (χ1n) is 6.55. The van der Waals surface area contributed by atoms with Gasteiger partial charge in [0.25, 0.3) is 0 Å². The van der Waals surface area contributed by atoms with E-state index in [0.717, 1.165) is 5.95 Å². The lowest BCUT2D eigenvalue weighted by molar-refractivity contribution is 0.163. The zero-order valence-electron chi connectivity index (χ0n) is 11.7. The van der Waals surface area contributed by atoms with Crippen LogP contribution in [0.3, 0.4) is 0 Å². The monoisotopic (exact) mass is 259 g/mol. The van der Waals surface area contributed by atoms with E-state index in [4.69, 9.17) is 4.74 Å². The van der Waals surface area contributed by atoms with Crippen LogP contribution in [0.5, 0.6) is 0 Å². The Morgan fingerprint density at radius 1 is 1.26 bits per heavy atom. The highest BCUT2D eigenvalue weighted by Gasteiger charge is 2.12. The molecule has 2 unspecified atom stereocenters. The number of anilines is 1. The van der Waals surface area contributed by atoms with Gasteiger partial charge in [0.1, 0.15) is 0 Å². The quantitative estimate of drug-likeness (QED) is 0.865. The third-order valence-electron chi connectivity index (χ3n) is 3.20. The van der Waals surface area contributed by atoms with Crippen molar-refractivity contribution in [3.8, 4) is 0 Å². The number of rotatable bonds is 6. The number of nitrogens with zero attached hydrogens (tertiary/aromatic N) is 2. The molecule has 4 nitrogen and oxygen atoms in total. The predicted molar refractivity (Wildman–Crippen MR) is 77.3 cm³/mol. The number of ether oxygens (including phenoxy) is 1. The van der Waals surface area contributed by atoms with Gasteiger partial charge in [-0.25, -0.2) is 4.98 Å². The molecule has 19 heavy (non-hydrogen) atoms. The third kappa shape index (κ3) is 3.35. The standard InChI is InChI=1S/C15H21N3O/c1-12(11-19-3)18-10-9-16-15(18)17-13(2)14-7-5-4-6-8-14/h4-10,12-13H,11H2,1-3H3,(H,16,17). The van der Waals surface area contributed by atoms with E-state index < -0.39 is 0 Å². The van der Waals surface area contributed by atoms with Crippen LogP contribution in [0.15, 0.2) is 42.7 Å². The van der Waals surface area contributed by atoms with Crippen molar-refractivity contribution in [1.29, 1.82) is 0 Å². The highest BCUT2D eigenvalue weighted by atomic mass is 16.5. The van der Waals surface area contributed by atoms with Crippen molar-refractivity contribution in [3.05, 3.63) is 48.3 Å². The summed E-state index contributed by atoms with van der Waals surface area (Å²) in [6, 6.07) is 10.8. The zero-order chi connectivity index (χ0) is 13.7. The van der Waals surface area contributed by atoms with Crippen molar-refractivity contribution in [2.24, 2.45) is 0 Å². The minimum absolute atomic E-state index is 0.220. The van der Waals surface area contributed by atoms with Crippen LogP contribution in [0.1, 0.15) is 31.5 Å². The van der Waals surface area contributed by atoms with Crippen molar-refractivity contribution in [1.82, 2.24) is 9.55 Å². The lowest BCUT2D eigenvalue weighted by Crippen LogP contribution is -2.16. The first-order valence-corrected chi connectivity index (χ1v) is 6.55. The molecule has 0 radical (unpaired) electrons. The number of benzene rings is 1. The van der Waals surface area contributed by atoms with Gasteiger partial charge in [-0.15, -0.1) is 0 Å². The van der Waals surface area contributed by atoms with Gasteiger partial charge in [-0.1, -0.05) is 30.3 Å². The molecule has 1 N–H and O–H groups in total. The summed E-state index contributed by atoms with van der Waals surface area (Å²) in [4.78, 5) is 4.38. The summed E-state index contributed by atoms with van der Waals surface area (Å²) in [7, 11) is 1.72. The fraction of sp³-hybridized carbons (Fsp3) is 0.400. The van der Waals surface area contributed by atoms with Gasteiger partial charge >= 0.3 is 0 Å². The Labute approximate surface area is 114 Å². The summed E-state index contributed by atoms with van der Waals surface area (Å²) in [5.41, 5.74) is 1.25. The summed E-state index contributed by atoms with van der Waals surface area (Å²) in [6.07, 6.45) is 3.79. The summed E-state index contributed by atoms with van der Waals surface area (Å²) >= 11 is 0.